The number of hydrogen-bond acceptors (Lipinski definition) is 4. The first-order valence-corrected chi connectivity index (χ1v) is 9.01. The van der Waals surface area contributed by atoms with Gasteiger partial charge in [-0.25, -0.2) is 4.98 Å². The second kappa shape index (κ2) is 6.44. The lowest BCUT2D eigenvalue weighted by atomic mass is 9.75. The minimum absolute atomic E-state index is 0.930. The van der Waals surface area contributed by atoms with E-state index in [9.17, 15) is 0 Å². The second-order valence-corrected chi connectivity index (χ2v) is 7.35. The van der Waals surface area contributed by atoms with Crippen molar-refractivity contribution < 1.29 is 0 Å². The Labute approximate surface area is 126 Å². The smallest absolute Gasteiger partial charge is 0.185 e. The van der Waals surface area contributed by atoms with E-state index in [0.717, 1.165) is 24.8 Å². The van der Waals surface area contributed by atoms with Crippen LogP contribution in [0.2, 0.25) is 0 Å². The molecule has 3 rings (SSSR count). The molecule has 0 aromatic carbocycles. The van der Waals surface area contributed by atoms with Crippen molar-refractivity contribution in [1.29, 1.82) is 0 Å². The van der Waals surface area contributed by atoms with Crippen LogP contribution in [-0.4, -0.2) is 25.1 Å². The third-order valence-corrected chi connectivity index (χ3v) is 6.16. The number of fused-ring (bicyclic) bond motifs is 1. The maximum atomic E-state index is 4.91. The number of nitrogens with one attached hydrogen (secondary N) is 1. The first-order chi connectivity index (χ1) is 9.81. The van der Waals surface area contributed by atoms with Crippen molar-refractivity contribution in [2.45, 2.75) is 52.0 Å². The molecule has 1 aromatic heterocycles. The zero-order valence-electron chi connectivity index (χ0n) is 12.8. The lowest BCUT2D eigenvalue weighted by Gasteiger charge is -2.41. The Bertz CT molecular complexity index is 443. The fraction of sp³-hybridized carbons (Fsp3) is 0.812. The van der Waals surface area contributed by atoms with E-state index in [1.165, 1.54) is 60.9 Å². The zero-order chi connectivity index (χ0) is 13.9. The average Bonchev–Trinajstić information content (AvgIpc) is 2.90. The van der Waals surface area contributed by atoms with Gasteiger partial charge in [0.1, 0.15) is 0 Å². The highest BCUT2D eigenvalue weighted by Crippen LogP contribution is 2.38. The molecule has 2 aliphatic rings. The van der Waals surface area contributed by atoms with E-state index in [0.29, 0.717) is 0 Å². The molecule has 0 amide bonds. The highest BCUT2D eigenvalue weighted by molar-refractivity contribution is 7.15. The van der Waals surface area contributed by atoms with Gasteiger partial charge >= 0.3 is 0 Å². The maximum absolute atomic E-state index is 4.91. The average molecular weight is 293 g/mol. The molecule has 1 aliphatic carbocycles. The Kier molecular flexibility index (Phi) is 4.61. The van der Waals surface area contributed by atoms with Crippen molar-refractivity contribution in [2.24, 2.45) is 11.8 Å². The lowest BCUT2D eigenvalue weighted by molar-refractivity contribution is 0.202. The molecular formula is C16H27N3S. The predicted octanol–water partition coefficient (Wildman–Crippen LogP) is 3.44. The van der Waals surface area contributed by atoms with Crippen LogP contribution >= 0.6 is 11.3 Å². The standard InChI is InChI=1S/C16H27N3S/c1-3-14-15(10-17-2)20-16(18-14)19-9-8-12-6-4-5-7-13(12)11-19/h12-13,17H,3-11H2,1-2H3. The van der Waals surface area contributed by atoms with Gasteiger partial charge in [0, 0.05) is 24.5 Å². The molecule has 4 heteroatoms. The molecule has 2 fully saturated rings. The zero-order valence-corrected chi connectivity index (χ0v) is 13.6. The molecule has 1 saturated carbocycles. The van der Waals surface area contributed by atoms with Crippen molar-refractivity contribution in [1.82, 2.24) is 10.3 Å². The molecule has 3 nitrogen and oxygen atoms in total. The van der Waals surface area contributed by atoms with Crippen LogP contribution in [0.25, 0.3) is 0 Å². The first-order valence-electron chi connectivity index (χ1n) is 8.20. The van der Waals surface area contributed by atoms with Gasteiger partial charge in [0.15, 0.2) is 5.13 Å². The van der Waals surface area contributed by atoms with Gasteiger partial charge in [0.25, 0.3) is 0 Å². The summed E-state index contributed by atoms with van der Waals surface area (Å²) in [6.45, 7) is 5.64. The topological polar surface area (TPSA) is 28.2 Å². The third-order valence-electron chi connectivity index (χ3n) is 5.00. The fourth-order valence-electron chi connectivity index (χ4n) is 3.85. The highest BCUT2D eigenvalue weighted by Gasteiger charge is 2.32. The number of rotatable bonds is 4. The van der Waals surface area contributed by atoms with E-state index >= 15 is 0 Å². The maximum Gasteiger partial charge on any atom is 0.185 e. The second-order valence-electron chi connectivity index (χ2n) is 6.29. The number of aromatic nitrogens is 1. The van der Waals surface area contributed by atoms with Gasteiger partial charge < -0.3 is 10.2 Å². The van der Waals surface area contributed by atoms with Crippen molar-refractivity contribution in [3.05, 3.63) is 10.6 Å². The van der Waals surface area contributed by atoms with Crippen LogP contribution in [0.4, 0.5) is 5.13 Å². The largest absolute Gasteiger partial charge is 0.348 e. The van der Waals surface area contributed by atoms with Crippen LogP contribution in [0.3, 0.4) is 0 Å². The van der Waals surface area contributed by atoms with Gasteiger partial charge in [-0.1, -0.05) is 26.2 Å². The third kappa shape index (κ3) is 2.86. The van der Waals surface area contributed by atoms with Gasteiger partial charge in [-0.15, -0.1) is 11.3 Å². The van der Waals surface area contributed by atoms with Gasteiger partial charge in [0.2, 0.25) is 0 Å². The lowest BCUT2D eigenvalue weighted by Crippen LogP contribution is -2.41. The summed E-state index contributed by atoms with van der Waals surface area (Å²) in [4.78, 5) is 8.90. The van der Waals surface area contributed by atoms with Gasteiger partial charge in [-0.2, -0.15) is 0 Å². The minimum Gasteiger partial charge on any atom is -0.348 e. The van der Waals surface area contributed by atoms with E-state index in [-0.39, 0.29) is 0 Å². The summed E-state index contributed by atoms with van der Waals surface area (Å²) < 4.78 is 0. The Balaban J connectivity index is 1.72. The molecule has 1 saturated heterocycles. The number of anilines is 1. The number of aryl methyl sites for hydroxylation is 1. The molecule has 2 heterocycles. The molecule has 2 atom stereocenters. The van der Waals surface area contributed by atoms with E-state index in [4.69, 9.17) is 4.98 Å². The number of hydrogen-bond donors (Lipinski definition) is 1. The Morgan fingerprint density at radius 1 is 1.25 bits per heavy atom. The van der Waals surface area contributed by atoms with Crippen molar-refractivity contribution in [3.63, 3.8) is 0 Å². The van der Waals surface area contributed by atoms with Crippen LogP contribution in [0.1, 0.15) is 49.6 Å². The first kappa shape index (κ1) is 14.3. The molecule has 0 bridgehead atoms. The summed E-state index contributed by atoms with van der Waals surface area (Å²) in [6, 6.07) is 0. The van der Waals surface area contributed by atoms with Gasteiger partial charge in [-0.3, -0.25) is 0 Å². The molecule has 0 spiro atoms. The molecule has 0 radical (unpaired) electrons. The van der Waals surface area contributed by atoms with Gasteiger partial charge in [0.05, 0.1) is 5.69 Å². The summed E-state index contributed by atoms with van der Waals surface area (Å²) in [5.41, 5.74) is 1.30. The van der Waals surface area contributed by atoms with E-state index < -0.39 is 0 Å². The van der Waals surface area contributed by atoms with E-state index in [1.807, 2.05) is 18.4 Å². The molecular weight excluding hydrogens is 266 g/mol. The van der Waals surface area contributed by atoms with Crippen LogP contribution in [0.5, 0.6) is 0 Å². The minimum atomic E-state index is 0.930. The van der Waals surface area contributed by atoms with Crippen LogP contribution in [0, 0.1) is 11.8 Å². The molecule has 112 valence electrons. The van der Waals surface area contributed by atoms with E-state index in [1.54, 1.807) is 0 Å². The monoisotopic (exact) mass is 293 g/mol. The normalized spacial score (nSPS) is 26.6. The fourth-order valence-corrected chi connectivity index (χ4v) is 5.05. The van der Waals surface area contributed by atoms with Crippen molar-refractivity contribution >= 4 is 16.5 Å². The SMILES string of the molecule is CCc1nc(N2CCC3CCCCC3C2)sc1CNC. The summed E-state index contributed by atoms with van der Waals surface area (Å²) in [5.74, 6) is 1.93. The summed E-state index contributed by atoms with van der Waals surface area (Å²) >= 11 is 1.91. The molecule has 2 unspecified atom stereocenters. The molecule has 1 aliphatic heterocycles. The summed E-state index contributed by atoms with van der Waals surface area (Å²) in [7, 11) is 2.02. The van der Waals surface area contributed by atoms with Crippen molar-refractivity contribution in [3.8, 4) is 0 Å². The molecule has 1 aromatic rings. The van der Waals surface area contributed by atoms with Crippen LogP contribution in [-0.2, 0) is 13.0 Å². The number of thiazole rings is 1. The van der Waals surface area contributed by atoms with E-state index in [2.05, 4.69) is 17.1 Å². The van der Waals surface area contributed by atoms with Crippen LogP contribution < -0.4 is 10.2 Å². The van der Waals surface area contributed by atoms with Crippen LogP contribution in [0.15, 0.2) is 0 Å². The number of piperidine rings is 1. The quantitative estimate of drug-likeness (QED) is 0.921. The van der Waals surface area contributed by atoms with Gasteiger partial charge in [-0.05, 0) is 38.1 Å². The molecule has 20 heavy (non-hydrogen) atoms. The van der Waals surface area contributed by atoms with Crippen molar-refractivity contribution in [2.75, 3.05) is 25.0 Å². The predicted molar refractivity (Wildman–Crippen MR) is 86.5 cm³/mol. The summed E-state index contributed by atoms with van der Waals surface area (Å²) in [6.07, 6.45) is 8.25. The molecule has 1 N–H and O–H groups in total. The number of nitrogens with zero attached hydrogens (tertiary/aromatic N) is 2. The Hall–Kier alpha value is -0.610. The Morgan fingerprint density at radius 3 is 2.80 bits per heavy atom. The summed E-state index contributed by atoms with van der Waals surface area (Å²) in [5, 5.41) is 4.55. The highest BCUT2D eigenvalue weighted by atomic mass is 32.1. The Morgan fingerprint density at radius 2 is 2.05 bits per heavy atom.